The maximum absolute atomic E-state index is 14.8. The van der Waals surface area contributed by atoms with Crippen molar-refractivity contribution >= 4 is 34.8 Å². The van der Waals surface area contributed by atoms with E-state index in [0.717, 1.165) is 42.0 Å². The molecule has 2 atom stereocenters. The fourth-order valence-corrected chi connectivity index (χ4v) is 5.79. The zero-order valence-corrected chi connectivity index (χ0v) is 25.0. The lowest BCUT2D eigenvalue weighted by Crippen LogP contribution is -2.41. The maximum atomic E-state index is 14.8. The molecule has 2 unspecified atom stereocenters. The van der Waals surface area contributed by atoms with Crippen LogP contribution in [0.1, 0.15) is 41.6 Å². The molecule has 0 bridgehead atoms. The fraction of sp³-hybridized carbons (Fsp3) is 0.290. The van der Waals surface area contributed by atoms with Gasteiger partial charge in [-0.15, -0.1) is 0 Å². The van der Waals surface area contributed by atoms with Gasteiger partial charge in [0.25, 0.3) is 11.5 Å². The van der Waals surface area contributed by atoms with Crippen LogP contribution in [-0.2, 0) is 13.6 Å². The van der Waals surface area contributed by atoms with Crippen LogP contribution in [0.2, 0.25) is 10.0 Å². The summed E-state index contributed by atoms with van der Waals surface area (Å²) in [5.41, 5.74) is 1.76. The number of anilines is 1. The second-order valence-corrected chi connectivity index (χ2v) is 11.1. The van der Waals surface area contributed by atoms with Gasteiger partial charge in [0.2, 0.25) is 5.88 Å². The minimum Gasteiger partial charge on any atom is -0.481 e. The number of aryl methyl sites for hydroxylation is 1. The SMILES string of the molecule is COc1nc(-c2cccc(-c3cc(F)cc(NC(=O)c4ccnn(C)c4=O)c3Cl)c2Cl)ccc1CNC1CCCCC1O. The van der Waals surface area contributed by atoms with E-state index >= 15 is 0 Å². The first-order valence-electron chi connectivity index (χ1n) is 13.7. The molecule has 3 N–H and O–H groups in total. The molecule has 1 saturated carbocycles. The Morgan fingerprint density at radius 2 is 1.86 bits per heavy atom. The number of pyridine rings is 1. The Bertz CT molecular complexity index is 1730. The molecule has 1 amide bonds. The zero-order chi connectivity index (χ0) is 30.7. The van der Waals surface area contributed by atoms with Crippen molar-refractivity contribution in [1.82, 2.24) is 20.1 Å². The number of carbonyl (C=O) groups excluding carboxylic acids is 1. The second kappa shape index (κ2) is 13.2. The van der Waals surface area contributed by atoms with Gasteiger partial charge in [-0.2, -0.15) is 5.10 Å². The molecule has 1 aliphatic rings. The van der Waals surface area contributed by atoms with Crippen LogP contribution >= 0.6 is 23.2 Å². The quantitative estimate of drug-likeness (QED) is 0.233. The Kier molecular flexibility index (Phi) is 9.41. The molecule has 1 aliphatic carbocycles. The number of hydrogen-bond donors (Lipinski definition) is 3. The number of benzene rings is 2. The highest BCUT2D eigenvalue weighted by Gasteiger charge is 2.23. The van der Waals surface area contributed by atoms with Gasteiger partial charge in [-0.05, 0) is 37.1 Å². The van der Waals surface area contributed by atoms with E-state index in [1.165, 1.54) is 32.5 Å². The molecule has 5 rings (SSSR count). The first-order valence-corrected chi connectivity index (χ1v) is 14.5. The van der Waals surface area contributed by atoms with Crippen LogP contribution in [0.25, 0.3) is 22.4 Å². The second-order valence-electron chi connectivity index (χ2n) is 10.3. The monoisotopic (exact) mass is 625 g/mol. The van der Waals surface area contributed by atoms with E-state index in [0.29, 0.717) is 29.2 Å². The molecule has 1 fully saturated rings. The number of aliphatic hydroxyl groups excluding tert-OH is 1. The molecule has 0 spiro atoms. The first kappa shape index (κ1) is 30.6. The molecular formula is C31H30Cl2FN5O4. The summed E-state index contributed by atoms with van der Waals surface area (Å²) in [5.74, 6) is -1.02. The van der Waals surface area contributed by atoms with Crippen molar-refractivity contribution in [2.24, 2.45) is 7.05 Å². The lowest BCUT2D eigenvalue weighted by atomic mass is 9.92. The molecule has 2 aromatic carbocycles. The predicted octanol–water partition coefficient (Wildman–Crippen LogP) is 5.61. The summed E-state index contributed by atoms with van der Waals surface area (Å²) < 4.78 is 21.4. The minimum atomic E-state index is -0.759. The molecule has 2 heterocycles. The minimum absolute atomic E-state index is 0.0185. The third-order valence-electron chi connectivity index (χ3n) is 7.52. The molecule has 0 saturated heterocycles. The topological polar surface area (TPSA) is 118 Å². The Balaban J connectivity index is 1.44. The van der Waals surface area contributed by atoms with Gasteiger partial charge in [-0.1, -0.05) is 60.3 Å². The van der Waals surface area contributed by atoms with Crippen molar-refractivity contribution in [2.45, 2.75) is 44.4 Å². The molecule has 12 heteroatoms. The number of ether oxygens (including phenoxy) is 1. The highest BCUT2D eigenvalue weighted by Crippen LogP contribution is 2.42. The maximum Gasteiger partial charge on any atom is 0.279 e. The van der Waals surface area contributed by atoms with Gasteiger partial charge in [-0.3, -0.25) is 9.59 Å². The van der Waals surface area contributed by atoms with Gasteiger partial charge >= 0.3 is 0 Å². The van der Waals surface area contributed by atoms with E-state index in [2.05, 4.69) is 20.7 Å². The van der Waals surface area contributed by atoms with Crippen molar-refractivity contribution < 1.29 is 19.0 Å². The van der Waals surface area contributed by atoms with E-state index in [-0.39, 0.29) is 39.0 Å². The van der Waals surface area contributed by atoms with Gasteiger partial charge in [-0.25, -0.2) is 14.1 Å². The van der Waals surface area contributed by atoms with Crippen molar-refractivity contribution in [2.75, 3.05) is 12.4 Å². The largest absolute Gasteiger partial charge is 0.481 e. The average molecular weight is 627 g/mol. The number of aliphatic hydroxyl groups is 1. The Morgan fingerprint density at radius 3 is 2.63 bits per heavy atom. The van der Waals surface area contributed by atoms with Gasteiger partial charge in [0.1, 0.15) is 11.4 Å². The van der Waals surface area contributed by atoms with Crippen LogP contribution in [0.5, 0.6) is 5.88 Å². The number of hydrogen-bond acceptors (Lipinski definition) is 7. The molecule has 43 heavy (non-hydrogen) atoms. The normalized spacial score (nSPS) is 16.6. The molecule has 0 aliphatic heterocycles. The van der Waals surface area contributed by atoms with E-state index in [4.69, 9.17) is 27.9 Å². The van der Waals surface area contributed by atoms with Crippen LogP contribution in [0.3, 0.4) is 0 Å². The number of nitrogens with zero attached hydrogens (tertiary/aromatic N) is 3. The lowest BCUT2D eigenvalue weighted by Gasteiger charge is -2.28. The van der Waals surface area contributed by atoms with Crippen LogP contribution < -0.4 is 20.9 Å². The Morgan fingerprint density at radius 1 is 1.09 bits per heavy atom. The Labute approximate surface area is 257 Å². The van der Waals surface area contributed by atoms with Crippen LogP contribution in [-0.4, -0.2) is 45.0 Å². The van der Waals surface area contributed by atoms with Gasteiger partial charge in [0, 0.05) is 48.1 Å². The summed E-state index contributed by atoms with van der Waals surface area (Å²) >= 11 is 13.5. The van der Waals surface area contributed by atoms with E-state index in [1.54, 1.807) is 18.2 Å². The van der Waals surface area contributed by atoms with Gasteiger partial charge in [0.15, 0.2) is 0 Å². The third-order valence-corrected chi connectivity index (χ3v) is 8.33. The molecule has 4 aromatic rings. The molecule has 2 aromatic heterocycles. The summed E-state index contributed by atoms with van der Waals surface area (Å²) in [6.07, 6.45) is 4.74. The average Bonchev–Trinajstić information content (AvgIpc) is 3.00. The highest BCUT2D eigenvalue weighted by atomic mass is 35.5. The number of nitrogens with one attached hydrogen (secondary N) is 2. The smallest absolute Gasteiger partial charge is 0.279 e. The van der Waals surface area contributed by atoms with Gasteiger partial charge in [0.05, 0.1) is 34.6 Å². The standard InChI is InChI=1S/C31H30Cl2FN5O4/c1-39-31(42)21(12-13-36-39)29(41)37-25-15-18(34)14-22(28(25)33)19-6-5-7-20(27(19)32)23-11-10-17(30(38-23)43-2)16-35-24-8-3-4-9-26(24)40/h5-7,10-15,24,26,35,40H,3-4,8-9,16H2,1-2H3,(H,37,41). The number of rotatable bonds is 8. The van der Waals surface area contributed by atoms with Crippen molar-refractivity contribution in [3.05, 3.63) is 92.1 Å². The number of methoxy groups -OCH3 is 1. The lowest BCUT2D eigenvalue weighted by molar-refractivity contribution is 0.0901. The third kappa shape index (κ3) is 6.57. The fourth-order valence-electron chi connectivity index (χ4n) is 5.20. The van der Waals surface area contributed by atoms with E-state index in [9.17, 15) is 19.1 Å². The molecule has 224 valence electrons. The summed E-state index contributed by atoms with van der Waals surface area (Å²) in [6, 6.07) is 12.5. The van der Waals surface area contributed by atoms with Crippen LogP contribution in [0, 0.1) is 5.82 Å². The molecule has 0 radical (unpaired) electrons. The van der Waals surface area contributed by atoms with Crippen LogP contribution in [0.15, 0.2) is 59.5 Å². The number of amides is 1. The predicted molar refractivity (Wildman–Crippen MR) is 164 cm³/mol. The van der Waals surface area contributed by atoms with Gasteiger partial charge < -0.3 is 20.5 Å². The van der Waals surface area contributed by atoms with Crippen molar-refractivity contribution in [3.63, 3.8) is 0 Å². The number of halogens is 3. The highest BCUT2D eigenvalue weighted by molar-refractivity contribution is 6.39. The first-order chi connectivity index (χ1) is 20.7. The van der Waals surface area contributed by atoms with Crippen molar-refractivity contribution in [3.8, 4) is 28.3 Å². The number of aromatic nitrogens is 3. The summed E-state index contributed by atoms with van der Waals surface area (Å²) in [4.78, 5) is 29.9. The summed E-state index contributed by atoms with van der Waals surface area (Å²) in [5, 5.41) is 20.3. The Hall–Kier alpha value is -3.83. The van der Waals surface area contributed by atoms with Crippen LogP contribution in [0.4, 0.5) is 10.1 Å². The number of carbonyl (C=O) groups is 1. The molecular weight excluding hydrogens is 596 g/mol. The summed E-state index contributed by atoms with van der Waals surface area (Å²) in [7, 11) is 2.95. The zero-order valence-electron chi connectivity index (χ0n) is 23.5. The van der Waals surface area contributed by atoms with Crippen molar-refractivity contribution in [1.29, 1.82) is 0 Å². The van der Waals surface area contributed by atoms with E-state index < -0.39 is 17.3 Å². The van der Waals surface area contributed by atoms with E-state index in [1.807, 2.05) is 12.1 Å². The molecule has 9 nitrogen and oxygen atoms in total. The summed E-state index contributed by atoms with van der Waals surface area (Å²) in [6.45, 7) is 0.477.